The van der Waals surface area contributed by atoms with Gasteiger partial charge in [-0.3, -0.25) is 0 Å². The molecule has 0 aliphatic rings. The first-order valence-electron chi connectivity index (χ1n) is 6.77. The zero-order chi connectivity index (χ0) is 15.6. The molecule has 112 valence electrons. The fourth-order valence-corrected chi connectivity index (χ4v) is 2.93. The number of hydrogen-bond donors (Lipinski definition) is 1. The number of halogens is 2. The normalized spacial score (nSPS) is 12.3. The van der Waals surface area contributed by atoms with Crippen LogP contribution >= 0.6 is 23.2 Å². The van der Waals surface area contributed by atoms with Gasteiger partial charge in [0.1, 0.15) is 5.75 Å². The summed E-state index contributed by atoms with van der Waals surface area (Å²) < 4.78 is 5.48. The predicted molar refractivity (Wildman–Crippen MR) is 89.6 cm³/mol. The van der Waals surface area contributed by atoms with Crippen molar-refractivity contribution in [2.45, 2.75) is 26.3 Å². The van der Waals surface area contributed by atoms with Gasteiger partial charge in [0.05, 0.1) is 17.2 Å². The number of rotatable bonds is 4. The lowest BCUT2D eigenvalue weighted by molar-refractivity contribution is 0.404. The van der Waals surface area contributed by atoms with Gasteiger partial charge in [0.15, 0.2) is 0 Å². The molecule has 0 fully saturated rings. The highest BCUT2D eigenvalue weighted by atomic mass is 35.5. The first kappa shape index (κ1) is 16.2. The summed E-state index contributed by atoms with van der Waals surface area (Å²) in [4.78, 5) is 0. The molecule has 2 aromatic carbocycles. The molecule has 0 saturated heterocycles. The van der Waals surface area contributed by atoms with E-state index in [4.69, 9.17) is 33.7 Å². The number of aryl methyl sites for hydroxylation is 2. The Morgan fingerprint density at radius 2 is 1.81 bits per heavy atom. The van der Waals surface area contributed by atoms with Crippen LogP contribution in [0, 0.1) is 13.8 Å². The van der Waals surface area contributed by atoms with Crippen LogP contribution in [0.1, 0.15) is 28.3 Å². The monoisotopic (exact) mass is 323 g/mol. The van der Waals surface area contributed by atoms with Gasteiger partial charge < -0.3 is 10.5 Å². The molecule has 0 saturated carbocycles. The maximum absolute atomic E-state index is 6.39. The minimum Gasteiger partial charge on any atom is -0.496 e. The largest absolute Gasteiger partial charge is 0.496 e. The Hall–Kier alpha value is -1.22. The molecule has 2 aromatic rings. The van der Waals surface area contributed by atoms with E-state index in [1.807, 2.05) is 25.1 Å². The Labute approximate surface area is 135 Å². The second kappa shape index (κ2) is 6.69. The van der Waals surface area contributed by atoms with Crippen LogP contribution in [0.5, 0.6) is 5.75 Å². The zero-order valence-corrected chi connectivity index (χ0v) is 13.9. The Kier molecular flexibility index (Phi) is 5.15. The molecule has 4 heteroatoms. The molecular weight excluding hydrogens is 305 g/mol. The summed E-state index contributed by atoms with van der Waals surface area (Å²) >= 11 is 12.0. The van der Waals surface area contributed by atoms with Gasteiger partial charge in [0, 0.05) is 11.6 Å². The van der Waals surface area contributed by atoms with Crippen molar-refractivity contribution in [1.29, 1.82) is 0 Å². The van der Waals surface area contributed by atoms with E-state index in [1.165, 1.54) is 0 Å². The van der Waals surface area contributed by atoms with Crippen LogP contribution in [0.2, 0.25) is 10.0 Å². The maximum atomic E-state index is 6.39. The summed E-state index contributed by atoms with van der Waals surface area (Å²) in [5.41, 5.74) is 10.8. The summed E-state index contributed by atoms with van der Waals surface area (Å²) in [6, 6.07) is 9.58. The molecule has 0 amide bonds. The highest BCUT2D eigenvalue weighted by Gasteiger charge is 2.16. The third-order valence-electron chi connectivity index (χ3n) is 3.52. The van der Waals surface area contributed by atoms with Crippen molar-refractivity contribution in [3.63, 3.8) is 0 Å². The van der Waals surface area contributed by atoms with Crippen molar-refractivity contribution in [3.8, 4) is 5.75 Å². The molecule has 0 radical (unpaired) electrons. The standard InChI is InChI=1S/C17H19Cl2NO/c1-10-6-11(2)17(16(7-10)21-3)15(20)9-12-4-5-13(18)14(19)8-12/h4-8,15H,9,20H2,1-3H3. The SMILES string of the molecule is COc1cc(C)cc(C)c1C(N)Cc1ccc(Cl)c(Cl)c1. The highest BCUT2D eigenvalue weighted by molar-refractivity contribution is 6.42. The molecule has 1 unspecified atom stereocenters. The van der Waals surface area contributed by atoms with Crippen molar-refractivity contribution < 1.29 is 4.74 Å². The topological polar surface area (TPSA) is 35.2 Å². The van der Waals surface area contributed by atoms with Crippen molar-refractivity contribution in [2.75, 3.05) is 7.11 Å². The second-order valence-corrected chi connectivity index (χ2v) is 6.07. The lowest BCUT2D eigenvalue weighted by atomic mass is 9.94. The summed E-state index contributed by atoms with van der Waals surface area (Å²) in [5, 5.41) is 1.10. The lowest BCUT2D eigenvalue weighted by Gasteiger charge is -2.19. The van der Waals surface area contributed by atoms with Crippen LogP contribution in [-0.2, 0) is 6.42 Å². The van der Waals surface area contributed by atoms with Crippen molar-refractivity contribution in [2.24, 2.45) is 5.73 Å². The number of benzene rings is 2. The second-order valence-electron chi connectivity index (χ2n) is 5.26. The van der Waals surface area contributed by atoms with E-state index in [2.05, 4.69) is 13.0 Å². The van der Waals surface area contributed by atoms with E-state index in [-0.39, 0.29) is 6.04 Å². The Morgan fingerprint density at radius 1 is 1.10 bits per heavy atom. The Balaban J connectivity index is 2.31. The van der Waals surface area contributed by atoms with E-state index in [0.29, 0.717) is 16.5 Å². The van der Waals surface area contributed by atoms with E-state index >= 15 is 0 Å². The van der Waals surface area contributed by atoms with Gasteiger partial charge in [-0.25, -0.2) is 0 Å². The smallest absolute Gasteiger partial charge is 0.124 e. The quantitative estimate of drug-likeness (QED) is 0.871. The summed E-state index contributed by atoms with van der Waals surface area (Å²) in [6.07, 6.45) is 0.678. The summed E-state index contributed by atoms with van der Waals surface area (Å²) in [6.45, 7) is 4.10. The fraction of sp³-hybridized carbons (Fsp3) is 0.294. The van der Waals surface area contributed by atoms with E-state index < -0.39 is 0 Å². The first-order valence-corrected chi connectivity index (χ1v) is 7.52. The number of ether oxygens (including phenoxy) is 1. The maximum Gasteiger partial charge on any atom is 0.124 e. The van der Waals surface area contributed by atoms with Crippen molar-refractivity contribution >= 4 is 23.2 Å². The van der Waals surface area contributed by atoms with Gasteiger partial charge in [-0.15, -0.1) is 0 Å². The Morgan fingerprint density at radius 3 is 2.43 bits per heavy atom. The number of methoxy groups -OCH3 is 1. The molecule has 21 heavy (non-hydrogen) atoms. The van der Waals surface area contributed by atoms with Gasteiger partial charge >= 0.3 is 0 Å². The predicted octanol–water partition coefficient (Wildman–Crippen LogP) is 4.86. The van der Waals surface area contributed by atoms with Gasteiger partial charge in [0.2, 0.25) is 0 Å². The molecule has 1 atom stereocenters. The van der Waals surface area contributed by atoms with Crippen LogP contribution in [0.25, 0.3) is 0 Å². The first-order chi connectivity index (χ1) is 9.92. The van der Waals surface area contributed by atoms with Gasteiger partial charge in [-0.2, -0.15) is 0 Å². The van der Waals surface area contributed by atoms with Crippen LogP contribution in [0.3, 0.4) is 0 Å². The zero-order valence-electron chi connectivity index (χ0n) is 12.4. The molecule has 0 spiro atoms. The molecule has 0 bridgehead atoms. The number of nitrogens with two attached hydrogens (primary N) is 1. The lowest BCUT2D eigenvalue weighted by Crippen LogP contribution is -2.16. The highest BCUT2D eigenvalue weighted by Crippen LogP contribution is 2.31. The van der Waals surface area contributed by atoms with E-state index in [1.54, 1.807) is 13.2 Å². The molecule has 2 N–H and O–H groups in total. The molecule has 0 aliphatic heterocycles. The van der Waals surface area contributed by atoms with Crippen molar-refractivity contribution in [3.05, 3.63) is 62.6 Å². The van der Waals surface area contributed by atoms with E-state index in [9.17, 15) is 0 Å². The molecule has 0 aromatic heterocycles. The fourth-order valence-electron chi connectivity index (χ4n) is 2.61. The Bertz CT molecular complexity index is 655. The summed E-state index contributed by atoms with van der Waals surface area (Å²) in [7, 11) is 1.67. The minimum absolute atomic E-state index is 0.155. The third kappa shape index (κ3) is 3.70. The summed E-state index contributed by atoms with van der Waals surface area (Å²) in [5.74, 6) is 0.833. The van der Waals surface area contributed by atoms with Gasteiger partial charge in [0.25, 0.3) is 0 Å². The van der Waals surface area contributed by atoms with E-state index in [0.717, 1.165) is 28.0 Å². The molecular formula is C17H19Cl2NO. The number of hydrogen-bond acceptors (Lipinski definition) is 2. The third-order valence-corrected chi connectivity index (χ3v) is 4.26. The molecule has 0 aliphatic carbocycles. The van der Waals surface area contributed by atoms with Crippen LogP contribution < -0.4 is 10.5 Å². The average molecular weight is 324 g/mol. The average Bonchev–Trinajstić information content (AvgIpc) is 2.41. The minimum atomic E-state index is -0.155. The van der Waals surface area contributed by atoms with Crippen LogP contribution in [0.15, 0.2) is 30.3 Å². The molecule has 2 rings (SSSR count). The molecule has 2 nitrogen and oxygen atoms in total. The van der Waals surface area contributed by atoms with Crippen LogP contribution in [-0.4, -0.2) is 7.11 Å². The molecule has 0 heterocycles. The van der Waals surface area contributed by atoms with Crippen molar-refractivity contribution in [1.82, 2.24) is 0 Å². The van der Waals surface area contributed by atoms with Gasteiger partial charge in [-0.05, 0) is 55.2 Å². The van der Waals surface area contributed by atoms with Crippen LogP contribution in [0.4, 0.5) is 0 Å². The van der Waals surface area contributed by atoms with Gasteiger partial charge in [-0.1, -0.05) is 35.3 Å².